The molecule has 1 heterocycles. The van der Waals surface area contributed by atoms with Gasteiger partial charge in [-0.1, -0.05) is 37.3 Å². The number of amides is 2. The van der Waals surface area contributed by atoms with E-state index in [0.717, 1.165) is 12.0 Å². The smallest absolute Gasteiger partial charge is 0.267 e. The van der Waals surface area contributed by atoms with E-state index < -0.39 is 0 Å². The molecule has 1 aromatic rings. The van der Waals surface area contributed by atoms with Gasteiger partial charge in [-0.15, -0.1) is 11.8 Å². The molecule has 0 aliphatic carbocycles. The number of nitrogens with zero attached hydrogens (tertiary/aromatic N) is 1. The van der Waals surface area contributed by atoms with Crippen molar-refractivity contribution in [2.75, 3.05) is 18.9 Å². The van der Waals surface area contributed by atoms with E-state index in [1.165, 1.54) is 16.7 Å². The number of benzene rings is 1. The van der Waals surface area contributed by atoms with Crippen molar-refractivity contribution in [1.82, 2.24) is 4.90 Å². The van der Waals surface area contributed by atoms with Crippen molar-refractivity contribution in [3.05, 3.63) is 40.8 Å². The molecule has 5 heteroatoms. The Balaban J connectivity index is 2.42. The molecule has 0 saturated heterocycles. The maximum Gasteiger partial charge on any atom is 0.267 e. The fourth-order valence-corrected chi connectivity index (χ4v) is 3.00. The minimum atomic E-state index is -0.242. The van der Waals surface area contributed by atoms with Crippen LogP contribution in [0.2, 0.25) is 0 Å². The largest absolute Gasteiger partial charge is 0.396 e. The number of carbonyl (C=O) groups is 2. The van der Waals surface area contributed by atoms with Crippen LogP contribution in [0.5, 0.6) is 0 Å². The molecule has 0 saturated carbocycles. The van der Waals surface area contributed by atoms with Crippen molar-refractivity contribution in [3.63, 3.8) is 0 Å². The van der Waals surface area contributed by atoms with Gasteiger partial charge in [-0.05, 0) is 12.0 Å². The zero-order chi connectivity index (χ0) is 14.5. The number of aliphatic hydroxyl groups excluding tert-OH is 1. The van der Waals surface area contributed by atoms with Gasteiger partial charge in [-0.25, -0.2) is 0 Å². The Morgan fingerprint density at radius 3 is 2.45 bits per heavy atom. The van der Waals surface area contributed by atoms with Gasteiger partial charge >= 0.3 is 0 Å². The van der Waals surface area contributed by atoms with E-state index in [2.05, 4.69) is 0 Å². The van der Waals surface area contributed by atoms with E-state index in [4.69, 9.17) is 5.11 Å². The number of carbonyl (C=O) groups excluding carboxylic acids is 2. The van der Waals surface area contributed by atoms with Crippen LogP contribution in [0.25, 0.3) is 5.57 Å². The molecule has 0 fully saturated rings. The highest BCUT2D eigenvalue weighted by atomic mass is 32.2. The van der Waals surface area contributed by atoms with Crippen LogP contribution in [0.4, 0.5) is 0 Å². The van der Waals surface area contributed by atoms with E-state index in [1.54, 1.807) is 0 Å². The van der Waals surface area contributed by atoms with Gasteiger partial charge in [0.25, 0.3) is 11.8 Å². The standard InChI is InChI=1S/C15H17NO3S/c1-2-8-16-14(18)12(11-6-4-3-5-7-11)13(15(16)19)20-10-9-17/h3-7,17H,2,8-10H2,1H3. The predicted octanol–water partition coefficient (Wildman–Crippen LogP) is 1.90. The third-order valence-electron chi connectivity index (χ3n) is 2.97. The summed E-state index contributed by atoms with van der Waals surface area (Å²) in [7, 11) is 0. The SMILES string of the molecule is CCCN1C(=O)C(SCCO)=C(c2ccccc2)C1=O. The minimum Gasteiger partial charge on any atom is -0.396 e. The highest BCUT2D eigenvalue weighted by Crippen LogP contribution is 2.35. The quantitative estimate of drug-likeness (QED) is 0.813. The molecule has 1 aliphatic heterocycles. The van der Waals surface area contributed by atoms with Crippen molar-refractivity contribution in [3.8, 4) is 0 Å². The average molecular weight is 291 g/mol. The molecule has 106 valence electrons. The molecule has 4 nitrogen and oxygen atoms in total. The predicted molar refractivity (Wildman–Crippen MR) is 79.9 cm³/mol. The van der Waals surface area contributed by atoms with Crippen LogP contribution in [-0.4, -0.2) is 40.7 Å². The number of imide groups is 1. The second-order valence-electron chi connectivity index (χ2n) is 4.40. The summed E-state index contributed by atoms with van der Waals surface area (Å²) in [6.45, 7) is 2.34. The second kappa shape index (κ2) is 6.72. The maximum atomic E-state index is 12.5. The van der Waals surface area contributed by atoms with Crippen molar-refractivity contribution in [2.45, 2.75) is 13.3 Å². The Morgan fingerprint density at radius 2 is 1.85 bits per heavy atom. The molecule has 0 unspecified atom stereocenters. The Bertz CT molecular complexity index is 539. The average Bonchev–Trinajstić information content (AvgIpc) is 2.70. The molecule has 2 rings (SSSR count). The summed E-state index contributed by atoms with van der Waals surface area (Å²) in [5, 5.41) is 8.95. The molecule has 1 N–H and O–H groups in total. The number of thioether (sulfide) groups is 1. The number of hydrogen-bond donors (Lipinski definition) is 1. The van der Waals surface area contributed by atoms with Crippen molar-refractivity contribution >= 4 is 29.1 Å². The van der Waals surface area contributed by atoms with Crippen LogP contribution in [-0.2, 0) is 9.59 Å². The van der Waals surface area contributed by atoms with Gasteiger partial charge in [-0.2, -0.15) is 0 Å². The molecule has 1 aromatic carbocycles. The highest BCUT2D eigenvalue weighted by Gasteiger charge is 2.38. The van der Waals surface area contributed by atoms with Gasteiger partial charge in [0.2, 0.25) is 0 Å². The molecule has 0 radical (unpaired) electrons. The Kier molecular flexibility index (Phi) is 4.98. The summed E-state index contributed by atoms with van der Waals surface area (Å²) in [4.78, 5) is 26.5. The third kappa shape index (κ3) is 2.78. The fourth-order valence-electron chi connectivity index (χ4n) is 2.12. The van der Waals surface area contributed by atoms with Crippen LogP contribution in [0, 0.1) is 0 Å². The van der Waals surface area contributed by atoms with E-state index in [0.29, 0.717) is 22.8 Å². The summed E-state index contributed by atoms with van der Waals surface area (Å²) in [6, 6.07) is 9.22. The van der Waals surface area contributed by atoms with E-state index in [1.807, 2.05) is 37.3 Å². The molecule has 0 aromatic heterocycles. The van der Waals surface area contributed by atoms with E-state index in [9.17, 15) is 9.59 Å². The lowest BCUT2D eigenvalue weighted by Gasteiger charge is -2.13. The first-order valence-electron chi connectivity index (χ1n) is 6.60. The zero-order valence-corrected chi connectivity index (χ0v) is 12.2. The van der Waals surface area contributed by atoms with Crippen molar-refractivity contribution in [1.29, 1.82) is 0 Å². The highest BCUT2D eigenvalue weighted by molar-refractivity contribution is 8.04. The monoisotopic (exact) mass is 291 g/mol. The number of hydrogen-bond acceptors (Lipinski definition) is 4. The second-order valence-corrected chi connectivity index (χ2v) is 5.51. The zero-order valence-electron chi connectivity index (χ0n) is 11.3. The van der Waals surface area contributed by atoms with E-state index in [-0.39, 0.29) is 18.4 Å². The topological polar surface area (TPSA) is 57.6 Å². The molecule has 1 aliphatic rings. The first-order valence-corrected chi connectivity index (χ1v) is 7.58. The minimum absolute atomic E-state index is 0.0223. The number of rotatable bonds is 6. The molecule has 0 bridgehead atoms. The van der Waals surface area contributed by atoms with Crippen LogP contribution >= 0.6 is 11.8 Å². The maximum absolute atomic E-state index is 12.5. The summed E-state index contributed by atoms with van der Waals surface area (Å²) in [5.41, 5.74) is 1.22. The van der Waals surface area contributed by atoms with E-state index >= 15 is 0 Å². The molecular weight excluding hydrogens is 274 g/mol. The number of aliphatic hydroxyl groups is 1. The van der Waals surface area contributed by atoms with Gasteiger partial charge in [0.05, 0.1) is 17.1 Å². The van der Waals surface area contributed by atoms with Gasteiger partial charge in [0.1, 0.15) is 0 Å². The summed E-state index contributed by atoms with van der Waals surface area (Å²) < 4.78 is 0. The first-order chi connectivity index (χ1) is 9.70. The van der Waals surface area contributed by atoms with Crippen LogP contribution in [0.3, 0.4) is 0 Å². The fraction of sp³-hybridized carbons (Fsp3) is 0.333. The van der Waals surface area contributed by atoms with Gasteiger partial charge in [-0.3, -0.25) is 14.5 Å². The lowest BCUT2D eigenvalue weighted by atomic mass is 10.1. The summed E-state index contributed by atoms with van der Waals surface area (Å²) in [5.74, 6) is -0.0670. The van der Waals surface area contributed by atoms with Gasteiger partial charge in [0, 0.05) is 12.3 Å². The molecule has 0 spiro atoms. The van der Waals surface area contributed by atoms with Gasteiger partial charge < -0.3 is 5.11 Å². The lowest BCUT2D eigenvalue weighted by Crippen LogP contribution is -2.32. The molecular formula is C15H17NO3S. The lowest BCUT2D eigenvalue weighted by molar-refractivity contribution is -0.136. The molecule has 20 heavy (non-hydrogen) atoms. The van der Waals surface area contributed by atoms with Gasteiger partial charge in [0.15, 0.2) is 0 Å². The normalized spacial score (nSPS) is 15.4. The molecule has 2 amide bonds. The van der Waals surface area contributed by atoms with Crippen LogP contribution in [0.1, 0.15) is 18.9 Å². The van der Waals surface area contributed by atoms with Crippen LogP contribution < -0.4 is 0 Å². The van der Waals surface area contributed by atoms with Crippen molar-refractivity contribution < 1.29 is 14.7 Å². The van der Waals surface area contributed by atoms with Crippen LogP contribution in [0.15, 0.2) is 35.2 Å². The van der Waals surface area contributed by atoms with Crippen molar-refractivity contribution in [2.24, 2.45) is 0 Å². The first kappa shape index (κ1) is 14.8. The third-order valence-corrected chi connectivity index (χ3v) is 4.03. The Hall–Kier alpha value is -1.59. The summed E-state index contributed by atoms with van der Waals surface area (Å²) in [6.07, 6.45) is 0.734. The molecule has 0 atom stereocenters. The summed E-state index contributed by atoms with van der Waals surface area (Å²) >= 11 is 1.25. The Morgan fingerprint density at radius 1 is 1.15 bits per heavy atom. The Labute approximate surface area is 122 Å².